The molecule has 2 aliphatic heterocycles. The summed E-state index contributed by atoms with van der Waals surface area (Å²) in [4.78, 5) is 45.3. The fourth-order valence-corrected chi connectivity index (χ4v) is 8.04. The number of rotatable bonds is 11. The summed E-state index contributed by atoms with van der Waals surface area (Å²) in [6.07, 6.45) is 8.33. The molecule has 0 radical (unpaired) electrons. The number of carbonyl (C=O) groups excluding carboxylic acids is 2. The van der Waals surface area contributed by atoms with Crippen LogP contribution >= 0.6 is 0 Å². The van der Waals surface area contributed by atoms with E-state index in [1.54, 1.807) is 18.7 Å². The van der Waals surface area contributed by atoms with Crippen LogP contribution in [0.25, 0.3) is 90.9 Å². The molecule has 2 N–H and O–H groups in total. The number of aromatic amines is 2. The predicted molar refractivity (Wildman–Crippen MR) is 246 cm³/mol. The second-order valence-corrected chi connectivity index (χ2v) is 14.6. The lowest BCUT2D eigenvalue weighted by atomic mass is 10.0. The van der Waals surface area contributed by atoms with Crippen LogP contribution in [0.1, 0.15) is 36.6 Å². The molecule has 0 aliphatic carbocycles. The lowest BCUT2D eigenvalue weighted by molar-refractivity contribution is -0.142. The zero-order valence-electron chi connectivity index (χ0n) is 33.9. The van der Waals surface area contributed by atoms with Crippen molar-refractivity contribution in [3.05, 3.63) is 162 Å². The Kier molecular flexibility index (Phi) is 10.9. The molecular weight excluding hydrogens is 759 g/mol. The number of carbonyl (C=O) groups is 2. The Balaban J connectivity index is 1.33. The van der Waals surface area contributed by atoms with Crippen LogP contribution in [0.4, 0.5) is 5.69 Å². The third kappa shape index (κ3) is 8.01. The van der Waals surface area contributed by atoms with Crippen molar-refractivity contribution in [1.82, 2.24) is 19.9 Å². The van der Waals surface area contributed by atoms with Crippen molar-refractivity contribution in [1.29, 1.82) is 0 Å². The number of ether oxygens (including phenoxy) is 2. The topological polar surface area (TPSA) is 113 Å². The van der Waals surface area contributed by atoms with E-state index in [1.165, 1.54) is 0 Å². The zero-order chi connectivity index (χ0) is 41.7. The molecule has 300 valence electrons. The first-order chi connectivity index (χ1) is 30.0. The molecule has 0 amide bonds. The first-order valence-electron chi connectivity index (χ1n) is 20.5. The van der Waals surface area contributed by atoms with E-state index in [2.05, 4.69) is 107 Å². The highest BCUT2D eigenvalue weighted by Gasteiger charge is 2.21. The highest BCUT2D eigenvalue weighted by molar-refractivity contribution is 6.00. The molecule has 9 rings (SSSR count). The van der Waals surface area contributed by atoms with Gasteiger partial charge in [-0.15, -0.1) is 0 Å². The van der Waals surface area contributed by atoms with E-state index >= 15 is 0 Å². The Hall–Kier alpha value is -7.78. The summed E-state index contributed by atoms with van der Waals surface area (Å²) in [6, 6.07) is 47.3. The van der Waals surface area contributed by atoms with Crippen molar-refractivity contribution >= 4 is 64.0 Å². The molecule has 0 spiro atoms. The van der Waals surface area contributed by atoms with Gasteiger partial charge in [-0.2, -0.15) is 0 Å². The van der Waals surface area contributed by atoms with E-state index in [-0.39, 0.29) is 26.3 Å². The summed E-state index contributed by atoms with van der Waals surface area (Å²) in [6.45, 7) is 3.79. The van der Waals surface area contributed by atoms with Crippen molar-refractivity contribution < 1.29 is 19.1 Å². The number of hydrogen-bond acceptors (Lipinski definition) is 7. The molecule has 0 saturated carbocycles. The smallest absolute Gasteiger partial charge is 0.325 e. The molecule has 7 aromatic rings. The van der Waals surface area contributed by atoms with Crippen molar-refractivity contribution in [2.24, 2.45) is 0 Å². The van der Waals surface area contributed by atoms with Crippen LogP contribution in [0.5, 0.6) is 0 Å². The lowest BCUT2D eigenvalue weighted by Crippen LogP contribution is -2.36. The Morgan fingerprint density at radius 2 is 0.754 bits per heavy atom. The molecule has 61 heavy (non-hydrogen) atoms. The van der Waals surface area contributed by atoms with Gasteiger partial charge in [-0.3, -0.25) is 9.59 Å². The van der Waals surface area contributed by atoms with Crippen LogP contribution in [-0.4, -0.2) is 58.2 Å². The van der Waals surface area contributed by atoms with Gasteiger partial charge in [-0.1, -0.05) is 103 Å². The average Bonchev–Trinajstić information content (AvgIpc) is 4.13. The fourth-order valence-electron chi connectivity index (χ4n) is 8.04. The average molecular weight is 802 g/mol. The number of nitrogens with one attached hydrogen (secondary N) is 2. The molecule has 5 heterocycles. The third-order valence-electron chi connectivity index (χ3n) is 10.7. The summed E-state index contributed by atoms with van der Waals surface area (Å²) in [5.41, 5.74) is 15.3. The van der Waals surface area contributed by atoms with Gasteiger partial charge in [0.2, 0.25) is 0 Å². The molecule has 0 saturated heterocycles. The van der Waals surface area contributed by atoms with E-state index in [9.17, 15) is 9.59 Å². The first-order valence-corrected chi connectivity index (χ1v) is 20.5. The highest BCUT2D eigenvalue weighted by atomic mass is 16.5. The van der Waals surface area contributed by atoms with E-state index in [4.69, 9.17) is 19.4 Å². The summed E-state index contributed by atoms with van der Waals surface area (Å²) >= 11 is 0. The van der Waals surface area contributed by atoms with Crippen molar-refractivity contribution in [3.63, 3.8) is 0 Å². The predicted octanol–water partition coefficient (Wildman–Crippen LogP) is 11.3. The normalized spacial score (nSPS) is 11.7. The minimum absolute atomic E-state index is 0.102. The van der Waals surface area contributed by atoms with Crippen molar-refractivity contribution in [2.45, 2.75) is 13.8 Å². The third-order valence-corrected chi connectivity index (χ3v) is 10.7. The summed E-state index contributed by atoms with van der Waals surface area (Å²) in [7, 11) is 0. The van der Waals surface area contributed by atoms with E-state index in [0.29, 0.717) is 5.69 Å². The number of benzene rings is 4. The maximum Gasteiger partial charge on any atom is 0.325 e. The first kappa shape index (κ1) is 38.7. The quantitative estimate of drug-likeness (QED) is 0.125. The van der Waals surface area contributed by atoms with Gasteiger partial charge in [0.05, 0.1) is 36.0 Å². The van der Waals surface area contributed by atoms with Gasteiger partial charge in [0.25, 0.3) is 0 Å². The van der Waals surface area contributed by atoms with Gasteiger partial charge in [0.15, 0.2) is 0 Å². The Morgan fingerprint density at radius 3 is 1.07 bits per heavy atom. The lowest BCUT2D eigenvalue weighted by Gasteiger charge is -2.23. The second-order valence-electron chi connectivity index (χ2n) is 14.6. The number of aromatic nitrogens is 4. The van der Waals surface area contributed by atoms with Crippen molar-refractivity contribution in [2.75, 3.05) is 31.2 Å². The van der Waals surface area contributed by atoms with Gasteiger partial charge in [0, 0.05) is 50.0 Å². The number of anilines is 1. The second kappa shape index (κ2) is 17.2. The molecule has 4 aromatic carbocycles. The van der Waals surface area contributed by atoms with Crippen LogP contribution in [0.2, 0.25) is 0 Å². The molecule has 0 atom stereocenters. The van der Waals surface area contributed by atoms with Crippen LogP contribution in [0, 0.1) is 0 Å². The van der Waals surface area contributed by atoms with Crippen LogP contribution in [-0.2, 0) is 19.1 Å². The molecule has 0 fully saturated rings. The van der Waals surface area contributed by atoms with Gasteiger partial charge in [0.1, 0.15) is 13.1 Å². The van der Waals surface area contributed by atoms with Crippen molar-refractivity contribution in [3.8, 4) is 44.5 Å². The molecule has 8 bridgehead atoms. The maximum atomic E-state index is 12.7. The molecule has 9 nitrogen and oxygen atoms in total. The molecule has 9 heteroatoms. The molecule has 3 aromatic heterocycles. The minimum atomic E-state index is -0.430. The minimum Gasteiger partial charge on any atom is -0.465 e. The molecular formula is C52H43N5O4. The summed E-state index contributed by atoms with van der Waals surface area (Å²) in [5, 5.41) is 0. The maximum absolute atomic E-state index is 12.7. The van der Waals surface area contributed by atoms with E-state index < -0.39 is 11.9 Å². The largest absolute Gasteiger partial charge is 0.465 e. The number of hydrogen-bond donors (Lipinski definition) is 2. The van der Waals surface area contributed by atoms with Gasteiger partial charge in [-0.25, -0.2) is 9.97 Å². The number of H-pyrrole nitrogens is 2. The standard InChI is InChI=1S/C52H43N5O4/c1-3-60-47(58)32-57(33-48(59)61-4-2)38-22-20-37(21-23-38)52-45-30-28-43(55-45)50(35-16-10-6-11-17-35)41-26-24-39(53-41)49(34-14-8-5-9-15-34)40-25-27-42(54-40)51(36-18-12-7-13-19-36)44-29-31-46(52)56-44/h5-31,53,56H,3-4,32-33H2,1-2H3. The number of fused-ring (bicyclic) bond motifs is 8. The monoisotopic (exact) mass is 801 g/mol. The van der Waals surface area contributed by atoms with E-state index in [0.717, 1.165) is 89.4 Å². The molecule has 2 aliphatic rings. The highest BCUT2D eigenvalue weighted by Crippen LogP contribution is 2.38. The number of nitrogens with zero attached hydrogens (tertiary/aromatic N) is 3. The summed E-state index contributed by atoms with van der Waals surface area (Å²) in [5.74, 6) is -0.859. The Bertz CT molecular complexity index is 2910. The Labute approximate surface area is 353 Å². The van der Waals surface area contributed by atoms with Gasteiger partial charge in [-0.05, 0) is 96.8 Å². The van der Waals surface area contributed by atoms with Crippen LogP contribution in [0.15, 0.2) is 140 Å². The fraction of sp³-hybridized carbons (Fsp3) is 0.115. The SMILES string of the molecule is CCOC(=O)CN(CC(=O)OCC)c1ccc(-c2c3nc(c(-c4ccccc4)c4ccc([nH]4)c(-c4ccccc4)c4nc(c(-c5ccccc5)c5ccc2[nH]5)C=C4)C=C3)cc1. The number of esters is 2. The molecule has 0 unspecified atom stereocenters. The summed E-state index contributed by atoms with van der Waals surface area (Å²) < 4.78 is 10.5. The Morgan fingerprint density at radius 1 is 0.443 bits per heavy atom. The van der Waals surface area contributed by atoms with E-state index in [1.807, 2.05) is 66.7 Å². The van der Waals surface area contributed by atoms with Gasteiger partial charge >= 0.3 is 11.9 Å². The van der Waals surface area contributed by atoms with Crippen LogP contribution in [0.3, 0.4) is 0 Å². The zero-order valence-corrected chi connectivity index (χ0v) is 33.9. The van der Waals surface area contributed by atoms with Gasteiger partial charge < -0.3 is 24.3 Å². The van der Waals surface area contributed by atoms with Crippen LogP contribution < -0.4 is 4.90 Å².